The van der Waals surface area contributed by atoms with E-state index < -0.39 is 6.10 Å². The summed E-state index contributed by atoms with van der Waals surface area (Å²) >= 11 is 0. The molecule has 3 nitrogen and oxygen atoms in total. The monoisotopic (exact) mass is 327 g/mol. The second-order valence-electron chi connectivity index (χ2n) is 6.43. The highest BCUT2D eigenvalue weighted by molar-refractivity contribution is 5.84. The van der Waals surface area contributed by atoms with Crippen molar-refractivity contribution in [1.29, 1.82) is 0 Å². The Morgan fingerprint density at radius 1 is 1.12 bits per heavy atom. The molecule has 0 radical (unpaired) electrons. The van der Waals surface area contributed by atoms with E-state index in [1.54, 1.807) is 6.92 Å². The molecule has 3 heteroatoms. The summed E-state index contributed by atoms with van der Waals surface area (Å²) in [5.74, 6) is 1.24. The molecule has 0 aromatic heterocycles. The summed E-state index contributed by atoms with van der Waals surface area (Å²) in [4.78, 5) is 12.3. The van der Waals surface area contributed by atoms with Crippen LogP contribution in [0, 0.1) is 5.92 Å². The minimum Gasteiger partial charge on any atom is -0.481 e. The number of rotatable bonds is 9. The summed E-state index contributed by atoms with van der Waals surface area (Å²) < 4.78 is 5.82. The van der Waals surface area contributed by atoms with Crippen LogP contribution in [0.25, 0.3) is 10.8 Å². The van der Waals surface area contributed by atoms with Crippen LogP contribution in [0.15, 0.2) is 42.5 Å². The van der Waals surface area contributed by atoms with Crippen LogP contribution in [-0.2, 0) is 4.79 Å². The Kier molecular flexibility index (Phi) is 7.10. The summed E-state index contributed by atoms with van der Waals surface area (Å²) in [6.07, 6.45) is 4.20. The standard InChI is InChI=1S/C21H29NO2/c1-4-6-9-17(5-2)15-22-21(23)16(3)24-20-13-12-18-10-7-8-11-19(18)14-20/h7-8,10-14,16-17H,4-6,9,15H2,1-3H3,(H,22,23)/t16-,17+/m0/s1. The fraction of sp³-hybridized carbons (Fsp3) is 0.476. The van der Waals surface area contributed by atoms with Crippen molar-refractivity contribution in [2.75, 3.05) is 6.54 Å². The van der Waals surface area contributed by atoms with Crippen molar-refractivity contribution in [3.05, 3.63) is 42.5 Å². The normalized spacial score (nSPS) is 13.5. The molecule has 0 heterocycles. The number of benzene rings is 2. The maximum atomic E-state index is 12.3. The number of ether oxygens (including phenoxy) is 1. The molecule has 0 spiro atoms. The zero-order valence-electron chi connectivity index (χ0n) is 15.0. The van der Waals surface area contributed by atoms with Crippen molar-refractivity contribution < 1.29 is 9.53 Å². The van der Waals surface area contributed by atoms with Crippen LogP contribution in [0.3, 0.4) is 0 Å². The Morgan fingerprint density at radius 3 is 2.58 bits per heavy atom. The number of unbranched alkanes of at least 4 members (excludes halogenated alkanes) is 1. The maximum absolute atomic E-state index is 12.3. The molecule has 2 aromatic carbocycles. The topological polar surface area (TPSA) is 38.3 Å². The van der Waals surface area contributed by atoms with Gasteiger partial charge in [0.1, 0.15) is 5.75 Å². The van der Waals surface area contributed by atoms with Gasteiger partial charge in [-0.1, -0.05) is 63.4 Å². The molecule has 0 aliphatic carbocycles. The van der Waals surface area contributed by atoms with Gasteiger partial charge in [0.25, 0.3) is 5.91 Å². The molecule has 0 aliphatic rings. The van der Waals surface area contributed by atoms with E-state index in [4.69, 9.17) is 4.74 Å². The van der Waals surface area contributed by atoms with Crippen LogP contribution in [0.1, 0.15) is 46.5 Å². The van der Waals surface area contributed by atoms with Crippen molar-refractivity contribution in [3.63, 3.8) is 0 Å². The molecule has 130 valence electrons. The third-order valence-electron chi connectivity index (χ3n) is 4.51. The quantitative estimate of drug-likeness (QED) is 0.708. The number of carbonyl (C=O) groups excluding carboxylic acids is 1. The number of nitrogens with one attached hydrogen (secondary N) is 1. The Bertz CT molecular complexity index is 653. The van der Waals surface area contributed by atoms with E-state index in [-0.39, 0.29) is 5.91 Å². The first kappa shape index (κ1) is 18.3. The van der Waals surface area contributed by atoms with Gasteiger partial charge in [0, 0.05) is 6.54 Å². The van der Waals surface area contributed by atoms with Crippen LogP contribution in [0.4, 0.5) is 0 Å². The van der Waals surface area contributed by atoms with Crippen molar-refractivity contribution >= 4 is 16.7 Å². The molecule has 0 aliphatic heterocycles. The maximum Gasteiger partial charge on any atom is 0.260 e. The Balaban J connectivity index is 1.88. The lowest BCUT2D eigenvalue weighted by Gasteiger charge is -2.18. The Labute approximate surface area is 145 Å². The van der Waals surface area contributed by atoms with E-state index in [1.807, 2.05) is 36.4 Å². The van der Waals surface area contributed by atoms with Crippen molar-refractivity contribution in [3.8, 4) is 5.75 Å². The largest absolute Gasteiger partial charge is 0.481 e. The first-order chi connectivity index (χ1) is 11.6. The van der Waals surface area contributed by atoms with Crippen LogP contribution < -0.4 is 10.1 Å². The van der Waals surface area contributed by atoms with Crippen molar-refractivity contribution in [2.24, 2.45) is 5.92 Å². The summed E-state index contributed by atoms with van der Waals surface area (Å²) in [5, 5.41) is 5.32. The predicted octanol–water partition coefficient (Wildman–Crippen LogP) is 4.94. The van der Waals surface area contributed by atoms with Gasteiger partial charge in [0.05, 0.1) is 0 Å². The van der Waals surface area contributed by atoms with Gasteiger partial charge in [-0.15, -0.1) is 0 Å². The first-order valence-electron chi connectivity index (χ1n) is 9.07. The van der Waals surface area contributed by atoms with E-state index >= 15 is 0 Å². The molecule has 0 fully saturated rings. The highest BCUT2D eigenvalue weighted by atomic mass is 16.5. The first-order valence-corrected chi connectivity index (χ1v) is 9.07. The molecule has 0 saturated heterocycles. The molecule has 2 aromatic rings. The zero-order chi connectivity index (χ0) is 17.4. The molecule has 2 atom stereocenters. The molecular formula is C21H29NO2. The van der Waals surface area contributed by atoms with Gasteiger partial charge >= 0.3 is 0 Å². The van der Waals surface area contributed by atoms with Crippen LogP contribution >= 0.6 is 0 Å². The van der Waals surface area contributed by atoms with Crippen LogP contribution in [0.5, 0.6) is 5.75 Å². The van der Waals surface area contributed by atoms with Crippen molar-refractivity contribution in [1.82, 2.24) is 5.32 Å². The van der Waals surface area contributed by atoms with Gasteiger partial charge in [-0.05, 0) is 42.2 Å². The summed E-state index contributed by atoms with van der Waals surface area (Å²) in [5.41, 5.74) is 0. The second-order valence-corrected chi connectivity index (χ2v) is 6.43. The second kappa shape index (κ2) is 9.31. The lowest BCUT2D eigenvalue weighted by molar-refractivity contribution is -0.127. The fourth-order valence-electron chi connectivity index (χ4n) is 2.83. The smallest absolute Gasteiger partial charge is 0.260 e. The van der Waals surface area contributed by atoms with Gasteiger partial charge in [0.2, 0.25) is 0 Å². The zero-order valence-corrected chi connectivity index (χ0v) is 15.0. The third-order valence-corrected chi connectivity index (χ3v) is 4.51. The number of fused-ring (bicyclic) bond motifs is 1. The summed E-state index contributed by atoms with van der Waals surface area (Å²) in [7, 11) is 0. The van der Waals surface area contributed by atoms with Gasteiger partial charge < -0.3 is 10.1 Å². The molecule has 1 N–H and O–H groups in total. The van der Waals surface area contributed by atoms with E-state index in [9.17, 15) is 4.79 Å². The fourth-order valence-corrected chi connectivity index (χ4v) is 2.83. The van der Waals surface area contributed by atoms with Gasteiger partial charge in [-0.2, -0.15) is 0 Å². The minimum absolute atomic E-state index is 0.0434. The lowest BCUT2D eigenvalue weighted by atomic mass is 9.99. The lowest BCUT2D eigenvalue weighted by Crippen LogP contribution is -2.38. The average molecular weight is 327 g/mol. The van der Waals surface area contributed by atoms with Crippen molar-refractivity contribution in [2.45, 2.75) is 52.6 Å². The Morgan fingerprint density at radius 2 is 1.88 bits per heavy atom. The average Bonchev–Trinajstić information content (AvgIpc) is 2.61. The summed E-state index contributed by atoms with van der Waals surface area (Å²) in [6.45, 7) is 6.92. The van der Waals surface area contributed by atoms with Crippen LogP contribution in [0.2, 0.25) is 0 Å². The van der Waals surface area contributed by atoms with Crippen LogP contribution in [-0.4, -0.2) is 18.6 Å². The molecular weight excluding hydrogens is 298 g/mol. The van der Waals surface area contributed by atoms with Gasteiger partial charge in [-0.3, -0.25) is 4.79 Å². The SMILES string of the molecule is CCCC[C@@H](CC)CNC(=O)[C@H](C)Oc1ccc2ccccc2c1. The number of carbonyl (C=O) groups is 1. The summed E-state index contributed by atoms with van der Waals surface area (Å²) in [6, 6.07) is 14.1. The predicted molar refractivity (Wildman–Crippen MR) is 100 cm³/mol. The molecule has 0 bridgehead atoms. The number of hydrogen-bond acceptors (Lipinski definition) is 2. The van der Waals surface area contributed by atoms with Gasteiger partial charge in [0.15, 0.2) is 6.10 Å². The minimum atomic E-state index is -0.491. The Hall–Kier alpha value is -2.03. The third kappa shape index (κ3) is 5.26. The number of hydrogen-bond donors (Lipinski definition) is 1. The highest BCUT2D eigenvalue weighted by Gasteiger charge is 2.16. The molecule has 2 rings (SSSR count). The van der Waals surface area contributed by atoms with E-state index in [1.165, 1.54) is 24.6 Å². The number of amides is 1. The molecule has 0 saturated carbocycles. The van der Waals surface area contributed by atoms with E-state index in [0.717, 1.165) is 24.1 Å². The van der Waals surface area contributed by atoms with E-state index in [2.05, 4.69) is 25.2 Å². The molecule has 1 amide bonds. The molecule has 0 unspecified atom stereocenters. The van der Waals surface area contributed by atoms with Gasteiger partial charge in [-0.25, -0.2) is 0 Å². The highest BCUT2D eigenvalue weighted by Crippen LogP contribution is 2.21. The molecule has 24 heavy (non-hydrogen) atoms. The van der Waals surface area contributed by atoms with E-state index in [0.29, 0.717) is 5.92 Å².